The van der Waals surface area contributed by atoms with Crippen molar-refractivity contribution in [2.45, 2.75) is 18.6 Å². The van der Waals surface area contributed by atoms with E-state index in [4.69, 9.17) is 5.11 Å². The van der Waals surface area contributed by atoms with E-state index in [1.54, 1.807) is 0 Å². The summed E-state index contributed by atoms with van der Waals surface area (Å²) in [6.45, 7) is 0. The summed E-state index contributed by atoms with van der Waals surface area (Å²) in [7, 11) is 0. The number of halogens is 4. The molecule has 0 saturated heterocycles. The first kappa shape index (κ1) is 14.9. The molecule has 104 valence electrons. The summed E-state index contributed by atoms with van der Waals surface area (Å²) in [6, 6.07) is 0.456. The molecule has 0 unspecified atom stereocenters. The predicted molar refractivity (Wildman–Crippen MR) is 55.6 cm³/mol. The molecule has 1 aromatic rings. The third-order valence-electron chi connectivity index (χ3n) is 2.34. The van der Waals surface area contributed by atoms with Gasteiger partial charge in [-0.05, 0) is 17.7 Å². The second-order valence-electron chi connectivity index (χ2n) is 3.66. The van der Waals surface area contributed by atoms with E-state index in [2.05, 4.69) is 0 Å². The van der Waals surface area contributed by atoms with Crippen molar-refractivity contribution in [3.05, 3.63) is 35.1 Å². The third kappa shape index (κ3) is 3.94. The van der Waals surface area contributed by atoms with Crippen LogP contribution in [0.1, 0.15) is 23.6 Å². The SMILES string of the molecule is O=CN[C@@H](CC(=O)O)c1ccc(F)cc1C(F)(F)F. The van der Waals surface area contributed by atoms with Gasteiger partial charge >= 0.3 is 12.1 Å². The van der Waals surface area contributed by atoms with Gasteiger partial charge in [0.1, 0.15) is 5.82 Å². The van der Waals surface area contributed by atoms with Gasteiger partial charge < -0.3 is 10.4 Å². The van der Waals surface area contributed by atoms with Gasteiger partial charge in [-0.1, -0.05) is 6.07 Å². The highest BCUT2D eigenvalue weighted by Crippen LogP contribution is 2.35. The molecule has 1 amide bonds. The van der Waals surface area contributed by atoms with Gasteiger partial charge in [-0.3, -0.25) is 9.59 Å². The smallest absolute Gasteiger partial charge is 0.416 e. The van der Waals surface area contributed by atoms with Gasteiger partial charge in [0.05, 0.1) is 18.0 Å². The second-order valence-corrected chi connectivity index (χ2v) is 3.66. The number of amides is 1. The van der Waals surface area contributed by atoms with Crippen LogP contribution in [-0.2, 0) is 15.8 Å². The molecule has 0 aliphatic heterocycles. The zero-order valence-electron chi connectivity index (χ0n) is 9.37. The van der Waals surface area contributed by atoms with Crippen molar-refractivity contribution in [3.8, 4) is 0 Å². The zero-order chi connectivity index (χ0) is 14.6. The number of carboxylic acids is 1. The first-order chi connectivity index (χ1) is 8.75. The van der Waals surface area contributed by atoms with E-state index >= 15 is 0 Å². The average Bonchev–Trinajstić information content (AvgIpc) is 2.26. The number of alkyl halides is 3. The lowest BCUT2D eigenvalue weighted by Crippen LogP contribution is -2.25. The van der Waals surface area contributed by atoms with Crippen molar-refractivity contribution in [1.29, 1.82) is 0 Å². The number of hydrogen-bond acceptors (Lipinski definition) is 2. The topological polar surface area (TPSA) is 66.4 Å². The molecule has 0 bridgehead atoms. The Kier molecular flexibility index (Phi) is 4.47. The van der Waals surface area contributed by atoms with Gasteiger partial charge in [-0.25, -0.2) is 4.39 Å². The Bertz CT molecular complexity index is 487. The summed E-state index contributed by atoms with van der Waals surface area (Å²) in [5, 5.41) is 10.6. The van der Waals surface area contributed by atoms with E-state index < -0.39 is 41.6 Å². The maximum absolute atomic E-state index is 12.9. The lowest BCUT2D eigenvalue weighted by molar-refractivity contribution is -0.141. The normalized spacial score (nSPS) is 12.8. The number of carbonyl (C=O) groups excluding carboxylic acids is 1. The highest BCUT2D eigenvalue weighted by molar-refractivity contribution is 5.69. The minimum Gasteiger partial charge on any atom is -0.481 e. The molecule has 8 heteroatoms. The van der Waals surface area contributed by atoms with Gasteiger partial charge in [0.25, 0.3) is 0 Å². The molecule has 19 heavy (non-hydrogen) atoms. The highest BCUT2D eigenvalue weighted by Gasteiger charge is 2.36. The average molecular weight is 279 g/mol. The van der Waals surface area contributed by atoms with Crippen LogP contribution < -0.4 is 5.32 Å². The van der Waals surface area contributed by atoms with Crippen molar-refractivity contribution in [1.82, 2.24) is 5.32 Å². The molecule has 0 fully saturated rings. The number of carbonyl (C=O) groups is 2. The van der Waals surface area contributed by atoms with Crippen molar-refractivity contribution in [2.24, 2.45) is 0 Å². The fourth-order valence-corrected chi connectivity index (χ4v) is 1.59. The molecule has 0 saturated carbocycles. The van der Waals surface area contributed by atoms with E-state index in [0.29, 0.717) is 0 Å². The third-order valence-corrected chi connectivity index (χ3v) is 2.34. The van der Waals surface area contributed by atoms with E-state index in [1.165, 1.54) is 0 Å². The maximum Gasteiger partial charge on any atom is 0.416 e. The Morgan fingerprint density at radius 2 is 2.05 bits per heavy atom. The largest absolute Gasteiger partial charge is 0.481 e. The van der Waals surface area contributed by atoms with Crippen LogP contribution in [0.5, 0.6) is 0 Å². The van der Waals surface area contributed by atoms with Crippen LogP contribution in [0, 0.1) is 5.82 Å². The molecular weight excluding hydrogens is 270 g/mol. The van der Waals surface area contributed by atoms with Crippen molar-refractivity contribution >= 4 is 12.4 Å². The van der Waals surface area contributed by atoms with Crippen LogP contribution >= 0.6 is 0 Å². The van der Waals surface area contributed by atoms with Gasteiger partial charge in [-0.2, -0.15) is 13.2 Å². The van der Waals surface area contributed by atoms with Crippen LogP contribution in [0.25, 0.3) is 0 Å². The van der Waals surface area contributed by atoms with E-state index in [1.807, 2.05) is 5.32 Å². The van der Waals surface area contributed by atoms with Gasteiger partial charge in [-0.15, -0.1) is 0 Å². The zero-order valence-corrected chi connectivity index (χ0v) is 9.37. The number of benzene rings is 1. The van der Waals surface area contributed by atoms with Crippen molar-refractivity contribution in [3.63, 3.8) is 0 Å². The van der Waals surface area contributed by atoms with Crippen LogP contribution in [0.15, 0.2) is 18.2 Å². The van der Waals surface area contributed by atoms with Gasteiger partial charge in [0, 0.05) is 0 Å². The Balaban J connectivity index is 3.29. The van der Waals surface area contributed by atoms with E-state index in [-0.39, 0.29) is 12.5 Å². The monoisotopic (exact) mass is 279 g/mol. The summed E-state index contributed by atoms with van der Waals surface area (Å²) in [6.07, 6.45) is -5.50. The molecule has 1 aromatic carbocycles. The van der Waals surface area contributed by atoms with Crippen molar-refractivity contribution < 1.29 is 32.3 Å². The first-order valence-corrected chi connectivity index (χ1v) is 5.04. The fraction of sp³-hybridized carbons (Fsp3) is 0.273. The molecule has 0 radical (unpaired) electrons. The Morgan fingerprint density at radius 3 is 2.53 bits per heavy atom. The first-order valence-electron chi connectivity index (χ1n) is 5.04. The second kappa shape index (κ2) is 5.68. The van der Waals surface area contributed by atoms with Gasteiger partial charge in [0.2, 0.25) is 6.41 Å². The fourth-order valence-electron chi connectivity index (χ4n) is 1.59. The molecule has 0 aliphatic carbocycles. The van der Waals surface area contributed by atoms with E-state index in [9.17, 15) is 27.2 Å². The Hall–Kier alpha value is -2.12. The number of carboxylic acid groups (broad SMARTS) is 1. The van der Waals surface area contributed by atoms with Crippen LogP contribution in [0.2, 0.25) is 0 Å². The summed E-state index contributed by atoms with van der Waals surface area (Å²) >= 11 is 0. The number of hydrogen-bond donors (Lipinski definition) is 2. The molecule has 0 aromatic heterocycles. The highest BCUT2D eigenvalue weighted by atomic mass is 19.4. The number of nitrogens with one attached hydrogen (secondary N) is 1. The molecule has 1 rings (SSSR count). The van der Waals surface area contributed by atoms with Crippen LogP contribution in [-0.4, -0.2) is 17.5 Å². The summed E-state index contributed by atoms with van der Waals surface area (Å²) in [5.74, 6) is -2.49. The Morgan fingerprint density at radius 1 is 1.42 bits per heavy atom. The Labute approximate surface area is 105 Å². The molecule has 2 N–H and O–H groups in total. The maximum atomic E-state index is 12.9. The lowest BCUT2D eigenvalue weighted by atomic mass is 9.97. The molecule has 0 heterocycles. The quantitative estimate of drug-likeness (QED) is 0.640. The van der Waals surface area contributed by atoms with Crippen LogP contribution in [0.3, 0.4) is 0 Å². The van der Waals surface area contributed by atoms with E-state index in [0.717, 1.165) is 12.1 Å². The number of rotatable bonds is 5. The molecular formula is C11H9F4NO3. The minimum atomic E-state index is -4.85. The lowest BCUT2D eigenvalue weighted by Gasteiger charge is -2.19. The number of aliphatic carboxylic acids is 1. The predicted octanol–water partition coefficient (Wildman–Crippen LogP) is 2.11. The molecule has 4 nitrogen and oxygen atoms in total. The van der Waals surface area contributed by atoms with Crippen LogP contribution in [0.4, 0.5) is 17.6 Å². The molecule has 0 aliphatic rings. The summed E-state index contributed by atoms with van der Waals surface area (Å²) in [4.78, 5) is 20.9. The van der Waals surface area contributed by atoms with Gasteiger partial charge in [0.15, 0.2) is 0 Å². The molecule has 0 spiro atoms. The summed E-state index contributed by atoms with van der Waals surface area (Å²) in [5.41, 5.74) is -1.81. The standard InChI is InChI=1S/C11H9F4NO3/c12-6-1-2-7(8(3-6)11(13,14)15)9(16-5-17)4-10(18)19/h1-3,5,9H,4H2,(H,16,17)(H,18,19)/t9-/m0/s1. The van der Waals surface area contributed by atoms with Crippen molar-refractivity contribution in [2.75, 3.05) is 0 Å². The summed E-state index contributed by atoms with van der Waals surface area (Å²) < 4.78 is 51.1. The minimum absolute atomic E-state index is 0.0944. The molecule has 1 atom stereocenters.